The minimum absolute atomic E-state index is 0.216. The van der Waals surface area contributed by atoms with Crippen molar-refractivity contribution in [3.8, 4) is 0 Å². The summed E-state index contributed by atoms with van der Waals surface area (Å²) in [5.74, 6) is 0. The summed E-state index contributed by atoms with van der Waals surface area (Å²) in [6, 6.07) is 0. The van der Waals surface area contributed by atoms with Crippen LogP contribution in [0, 0.1) is 0 Å². The normalized spacial score (nSPS) is 12.0. The molecular weight excluding hydrogens is 194 g/mol. The molecule has 12 heavy (non-hydrogen) atoms. The summed E-state index contributed by atoms with van der Waals surface area (Å²) in [4.78, 5) is 16.7. The van der Waals surface area contributed by atoms with Gasteiger partial charge in [0.2, 0.25) is 0 Å². The number of hydrogen-bond donors (Lipinski definition) is 2. The number of rotatable bonds is 3. The van der Waals surface area contributed by atoms with Gasteiger partial charge in [0.25, 0.3) is 0 Å². The van der Waals surface area contributed by atoms with Crippen LogP contribution in [0.25, 0.3) is 0 Å². The average molecular weight is 200 g/mol. The van der Waals surface area contributed by atoms with Gasteiger partial charge in [-0.25, -0.2) is 0 Å². The van der Waals surface area contributed by atoms with Crippen LogP contribution in [-0.4, -0.2) is 47.5 Å². The van der Waals surface area contributed by atoms with E-state index in [4.69, 9.17) is 9.79 Å². The van der Waals surface area contributed by atoms with Crippen molar-refractivity contribution in [1.82, 2.24) is 9.78 Å². The van der Waals surface area contributed by atoms with Crippen LogP contribution >= 0.6 is 7.82 Å². The first-order valence-corrected chi connectivity index (χ1v) is 5.69. The fourth-order valence-corrected chi connectivity index (χ4v) is 1.35. The van der Waals surface area contributed by atoms with Gasteiger partial charge in [-0.1, -0.05) is 0 Å². The molecule has 0 aliphatic heterocycles. The Hall–Kier alpha value is 0.320. The van der Waals surface area contributed by atoms with E-state index in [1.165, 1.54) is 4.68 Å². The molecule has 0 atom stereocenters. The van der Waals surface area contributed by atoms with E-state index in [1.807, 2.05) is 0 Å². The molecule has 0 amide bonds. The quantitative estimate of drug-likeness (QED) is 0.470. The van der Waals surface area contributed by atoms with Crippen molar-refractivity contribution in [2.45, 2.75) is 6.73 Å². The maximum atomic E-state index is 10.3. The first kappa shape index (κ1) is 10.4. The van der Waals surface area contributed by atoms with Gasteiger partial charge in [0.15, 0.2) is 0 Å². The van der Waals surface area contributed by atoms with Gasteiger partial charge in [-0.3, -0.25) is 0 Å². The van der Waals surface area contributed by atoms with Gasteiger partial charge in [-0.15, -0.1) is 0 Å². The van der Waals surface area contributed by atoms with Crippen LogP contribution in [0.5, 0.6) is 0 Å². The molecule has 1 rings (SSSR count). The van der Waals surface area contributed by atoms with E-state index in [0.29, 0.717) is 0 Å². The number of nitrogens with zero attached hydrogens (tertiary/aromatic N) is 2. The van der Waals surface area contributed by atoms with Crippen molar-refractivity contribution in [1.29, 1.82) is 0 Å². The summed E-state index contributed by atoms with van der Waals surface area (Å²) < 4.78 is 16.8. The molecule has 0 saturated carbocycles. The van der Waals surface area contributed by atoms with Crippen molar-refractivity contribution in [3.05, 3.63) is 12.4 Å². The van der Waals surface area contributed by atoms with Gasteiger partial charge in [-0.2, -0.15) is 0 Å². The van der Waals surface area contributed by atoms with E-state index in [2.05, 4.69) is 9.62 Å². The molecule has 6 nitrogen and oxygen atoms in total. The van der Waals surface area contributed by atoms with Crippen LogP contribution in [0.3, 0.4) is 0 Å². The van der Waals surface area contributed by atoms with E-state index in [0.717, 1.165) is 30.7 Å². The Balaban J connectivity index is 2.49. The molecule has 1 aromatic heterocycles. The van der Waals surface area contributed by atoms with Gasteiger partial charge < -0.3 is 0 Å². The van der Waals surface area contributed by atoms with E-state index in [9.17, 15) is 4.57 Å². The third kappa shape index (κ3) is 3.82. The van der Waals surface area contributed by atoms with Crippen LogP contribution < -0.4 is 2.81 Å². The number of hydrogen-bond acceptors (Lipinski definition) is 3. The number of aromatic nitrogens is 2. The summed E-state index contributed by atoms with van der Waals surface area (Å²) in [5, 5.41) is 3.80. The summed E-state index contributed by atoms with van der Waals surface area (Å²) in [6.45, 7) is -0.216. The molecule has 0 aromatic carbocycles. The first-order valence-electron chi connectivity index (χ1n) is 3.16. The number of phosphoric acid groups is 1. The van der Waals surface area contributed by atoms with Gasteiger partial charge in [0, 0.05) is 0 Å². The van der Waals surface area contributed by atoms with Crippen LogP contribution in [0.15, 0.2) is 12.4 Å². The van der Waals surface area contributed by atoms with Crippen molar-refractivity contribution >= 4 is 38.6 Å². The van der Waals surface area contributed by atoms with Gasteiger partial charge in [0.05, 0.1) is 0 Å². The zero-order valence-electron chi connectivity index (χ0n) is 6.41. The Kier molecular flexibility index (Phi) is 3.48. The Morgan fingerprint density at radius 2 is 2.42 bits per heavy atom. The molecule has 1 aromatic rings. The van der Waals surface area contributed by atoms with Crippen LogP contribution in [0.4, 0.5) is 0 Å². The second-order valence-corrected chi connectivity index (χ2v) is 4.70. The zero-order chi connectivity index (χ0) is 9.19. The maximum absolute atomic E-state index is 10.3. The third-order valence-corrected chi connectivity index (χ3v) is 2.09. The topological polar surface area (TPSA) is 84.6 Å². The average Bonchev–Trinajstić information content (AvgIpc) is 2.30. The predicted molar refractivity (Wildman–Crippen MR) is 40.7 cm³/mol. The second-order valence-electron chi connectivity index (χ2n) is 2.31. The third-order valence-electron chi connectivity index (χ3n) is 1.12. The molecule has 2 N–H and O–H groups in total. The zero-order valence-corrected chi connectivity index (χ0v) is 9.31. The van der Waals surface area contributed by atoms with Gasteiger partial charge >= 0.3 is 86.3 Å². The number of phosphoric ester groups is 1. The molecule has 0 aliphatic carbocycles. The van der Waals surface area contributed by atoms with E-state index in [-0.39, 0.29) is 6.73 Å². The van der Waals surface area contributed by atoms with Crippen LogP contribution in [0.1, 0.15) is 0 Å². The van der Waals surface area contributed by atoms with Crippen LogP contribution in [-0.2, 0) is 15.8 Å². The van der Waals surface area contributed by atoms with Crippen molar-refractivity contribution < 1.29 is 18.9 Å². The Morgan fingerprint density at radius 1 is 1.75 bits per heavy atom. The Morgan fingerprint density at radius 3 is 2.83 bits per heavy atom. The van der Waals surface area contributed by atoms with Gasteiger partial charge in [-0.05, 0) is 0 Å². The molecule has 0 saturated heterocycles. The minimum atomic E-state index is -4.37. The van der Waals surface area contributed by atoms with Crippen molar-refractivity contribution in [2.24, 2.45) is 0 Å². The fraction of sp³-hybridized carbons (Fsp3) is 0.250. The second kappa shape index (κ2) is 4.02. The SMILES string of the molecule is O=P(O)(O)OCn1c[c]([Na])cn1. The molecule has 0 radical (unpaired) electrons. The summed E-state index contributed by atoms with van der Waals surface area (Å²) in [6.07, 6.45) is 3.32. The molecule has 0 aliphatic rings. The molecule has 62 valence electrons. The molecule has 0 fully saturated rings. The summed E-state index contributed by atoms with van der Waals surface area (Å²) in [7, 11) is -4.37. The Bertz CT molecular complexity index is 308. The molecular formula is C4H6N2NaO4P. The molecule has 0 bridgehead atoms. The summed E-state index contributed by atoms with van der Waals surface area (Å²) in [5.41, 5.74) is 0. The Labute approximate surface area is 86.2 Å². The molecule has 1 heterocycles. The molecule has 0 spiro atoms. The van der Waals surface area contributed by atoms with E-state index >= 15 is 0 Å². The van der Waals surface area contributed by atoms with Crippen molar-refractivity contribution in [3.63, 3.8) is 0 Å². The standard InChI is InChI=1S/C4H6N2O4P.Na/c7-11(8,9)10-4-6-3-1-2-5-6;/h2-3H,4H2,(H2,7,8,9);. The van der Waals surface area contributed by atoms with E-state index < -0.39 is 7.82 Å². The van der Waals surface area contributed by atoms with Crippen LogP contribution in [0.2, 0.25) is 0 Å². The molecule has 0 unspecified atom stereocenters. The van der Waals surface area contributed by atoms with Gasteiger partial charge in [0.1, 0.15) is 0 Å². The monoisotopic (exact) mass is 200 g/mol. The van der Waals surface area contributed by atoms with E-state index in [1.54, 1.807) is 12.4 Å². The first-order chi connectivity index (χ1) is 5.47. The van der Waals surface area contributed by atoms with Crippen molar-refractivity contribution in [2.75, 3.05) is 0 Å². The predicted octanol–water partition coefficient (Wildman–Crippen LogP) is -1.26. The fourth-order valence-electron chi connectivity index (χ4n) is 0.672. The molecule has 8 heteroatoms. The summed E-state index contributed by atoms with van der Waals surface area (Å²) >= 11 is 0.858.